The molecule has 1 rings (SSSR count). The molecular weight excluding hydrogens is 186 g/mol. The second-order valence-corrected chi connectivity index (χ2v) is 4.69. The molecule has 0 aromatic carbocycles. The summed E-state index contributed by atoms with van der Waals surface area (Å²) in [5, 5.41) is 3.46. The Morgan fingerprint density at radius 3 is 2.67 bits per heavy atom. The van der Waals surface area contributed by atoms with Gasteiger partial charge in [0.2, 0.25) is 0 Å². The topological polar surface area (TPSA) is 25.2 Å². The standard InChI is InChI=1S/C13H23NO/c1-11(2)6-4-7-12(3)14-10-13-8-5-9-15-13/h5,8-9,11-12,14H,4,6-7,10H2,1-3H3. The Balaban J connectivity index is 2.06. The van der Waals surface area contributed by atoms with Crippen molar-refractivity contribution in [2.75, 3.05) is 0 Å². The molecule has 0 spiro atoms. The maximum atomic E-state index is 5.26. The SMILES string of the molecule is CC(C)CCCC(C)NCc1ccco1. The fourth-order valence-corrected chi connectivity index (χ4v) is 1.62. The van der Waals surface area contributed by atoms with E-state index in [2.05, 4.69) is 26.1 Å². The first kappa shape index (κ1) is 12.3. The summed E-state index contributed by atoms with van der Waals surface area (Å²) in [4.78, 5) is 0. The summed E-state index contributed by atoms with van der Waals surface area (Å²) in [5.74, 6) is 1.84. The van der Waals surface area contributed by atoms with Crippen LogP contribution in [0, 0.1) is 5.92 Å². The van der Waals surface area contributed by atoms with Crippen molar-refractivity contribution in [1.82, 2.24) is 5.32 Å². The lowest BCUT2D eigenvalue weighted by molar-refractivity contribution is 0.423. The van der Waals surface area contributed by atoms with E-state index in [-0.39, 0.29) is 0 Å². The highest BCUT2D eigenvalue weighted by molar-refractivity contribution is 4.97. The van der Waals surface area contributed by atoms with E-state index in [0.717, 1.165) is 18.2 Å². The summed E-state index contributed by atoms with van der Waals surface area (Å²) in [7, 11) is 0. The van der Waals surface area contributed by atoms with Crippen molar-refractivity contribution in [3.63, 3.8) is 0 Å². The van der Waals surface area contributed by atoms with Gasteiger partial charge in [0.05, 0.1) is 12.8 Å². The lowest BCUT2D eigenvalue weighted by Gasteiger charge is -2.13. The molecule has 1 atom stereocenters. The van der Waals surface area contributed by atoms with E-state index in [9.17, 15) is 0 Å². The quantitative estimate of drug-likeness (QED) is 0.742. The first-order valence-electron chi connectivity index (χ1n) is 5.94. The molecule has 0 amide bonds. The van der Waals surface area contributed by atoms with Crippen LogP contribution in [0.4, 0.5) is 0 Å². The molecule has 0 radical (unpaired) electrons. The molecule has 1 aromatic heterocycles. The van der Waals surface area contributed by atoms with Crippen molar-refractivity contribution in [2.24, 2.45) is 5.92 Å². The van der Waals surface area contributed by atoms with Crippen LogP contribution in [0.15, 0.2) is 22.8 Å². The van der Waals surface area contributed by atoms with E-state index in [1.807, 2.05) is 12.1 Å². The third-order valence-electron chi connectivity index (χ3n) is 2.62. The maximum Gasteiger partial charge on any atom is 0.117 e. The number of nitrogens with one attached hydrogen (secondary N) is 1. The van der Waals surface area contributed by atoms with Gasteiger partial charge in [0.25, 0.3) is 0 Å². The average Bonchev–Trinajstić information content (AvgIpc) is 2.66. The van der Waals surface area contributed by atoms with E-state index in [0.29, 0.717) is 6.04 Å². The molecule has 15 heavy (non-hydrogen) atoms. The Labute approximate surface area is 93.1 Å². The summed E-state index contributed by atoms with van der Waals surface area (Å²) in [6, 6.07) is 4.52. The molecule has 0 aliphatic carbocycles. The number of hydrogen-bond donors (Lipinski definition) is 1. The number of furan rings is 1. The highest BCUT2D eigenvalue weighted by Gasteiger charge is 2.03. The van der Waals surface area contributed by atoms with E-state index in [4.69, 9.17) is 4.42 Å². The van der Waals surface area contributed by atoms with Crippen molar-refractivity contribution in [1.29, 1.82) is 0 Å². The summed E-state index contributed by atoms with van der Waals surface area (Å²) in [6.07, 6.45) is 5.61. The lowest BCUT2D eigenvalue weighted by atomic mass is 10.0. The minimum Gasteiger partial charge on any atom is -0.468 e. The summed E-state index contributed by atoms with van der Waals surface area (Å²) >= 11 is 0. The van der Waals surface area contributed by atoms with Crippen molar-refractivity contribution in [2.45, 2.75) is 52.6 Å². The van der Waals surface area contributed by atoms with Crippen molar-refractivity contribution >= 4 is 0 Å². The van der Waals surface area contributed by atoms with Gasteiger partial charge >= 0.3 is 0 Å². The lowest BCUT2D eigenvalue weighted by Crippen LogP contribution is -2.25. The van der Waals surface area contributed by atoms with Gasteiger partial charge in [-0.05, 0) is 31.4 Å². The molecule has 86 valence electrons. The third kappa shape index (κ3) is 5.63. The Bertz CT molecular complexity index is 241. The Morgan fingerprint density at radius 2 is 2.07 bits per heavy atom. The van der Waals surface area contributed by atoms with E-state index < -0.39 is 0 Å². The van der Waals surface area contributed by atoms with Gasteiger partial charge in [-0.3, -0.25) is 0 Å². The fraction of sp³-hybridized carbons (Fsp3) is 0.692. The molecule has 0 fully saturated rings. The predicted molar refractivity (Wildman–Crippen MR) is 63.7 cm³/mol. The first-order valence-corrected chi connectivity index (χ1v) is 5.94. The van der Waals surface area contributed by atoms with E-state index in [1.54, 1.807) is 6.26 Å². The summed E-state index contributed by atoms with van der Waals surface area (Å²) in [6.45, 7) is 7.64. The third-order valence-corrected chi connectivity index (χ3v) is 2.62. The van der Waals surface area contributed by atoms with E-state index in [1.165, 1.54) is 19.3 Å². The molecule has 0 bridgehead atoms. The number of rotatable bonds is 7. The minimum atomic E-state index is 0.578. The zero-order valence-electron chi connectivity index (χ0n) is 10.1. The molecule has 2 heteroatoms. The zero-order valence-corrected chi connectivity index (χ0v) is 10.1. The van der Waals surface area contributed by atoms with Gasteiger partial charge < -0.3 is 9.73 Å². The smallest absolute Gasteiger partial charge is 0.117 e. The fourth-order valence-electron chi connectivity index (χ4n) is 1.62. The Morgan fingerprint density at radius 1 is 1.27 bits per heavy atom. The highest BCUT2D eigenvalue weighted by atomic mass is 16.3. The molecule has 1 N–H and O–H groups in total. The Kier molecular flexibility index (Phi) is 5.48. The van der Waals surface area contributed by atoms with Crippen LogP contribution in [0.1, 0.15) is 45.8 Å². The second-order valence-electron chi connectivity index (χ2n) is 4.69. The monoisotopic (exact) mass is 209 g/mol. The van der Waals surface area contributed by atoms with E-state index >= 15 is 0 Å². The van der Waals surface area contributed by atoms with Crippen LogP contribution in [0.2, 0.25) is 0 Å². The molecule has 0 aliphatic rings. The van der Waals surface area contributed by atoms with Gasteiger partial charge in [-0.1, -0.05) is 26.7 Å². The van der Waals surface area contributed by atoms with Crippen molar-refractivity contribution in [3.8, 4) is 0 Å². The van der Waals surface area contributed by atoms with Crippen molar-refractivity contribution in [3.05, 3.63) is 24.2 Å². The van der Waals surface area contributed by atoms with Gasteiger partial charge in [-0.2, -0.15) is 0 Å². The van der Waals surface area contributed by atoms with Crippen LogP contribution in [-0.4, -0.2) is 6.04 Å². The molecule has 1 unspecified atom stereocenters. The number of hydrogen-bond acceptors (Lipinski definition) is 2. The van der Waals surface area contributed by atoms with Crippen molar-refractivity contribution < 1.29 is 4.42 Å². The van der Waals surface area contributed by atoms with Crippen LogP contribution >= 0.6 is 0 Å². The minimum absolute atomic E-state index is 0.578. The van der Waals surface area contributed by atoms with Gasteiger partial charge in [-0.15, -0.1) is 0 Å². The van der Waals surface area contributed by atoms with Crippen LogP contribution in [0.5, 0.6) is 0 Å². The first-order chi connectivity index (χ1) is 7.18. The van der Waals surface area contributed by atoms with Gasteiger partial charge in [-0.25, -0.2) is 0 Å². The molecule has 0 aliphatic heterocycles. The summed E-state index contributed by atoms with van der Waals surface area (Å²) < 4.78 is 5.26. The van der Waals surface area contributed by atoms with Crippen LogP contribution in [-0.2, 0) is 6.54 Å². The Hall–Kier alpha value is -0.760. The molecular formula is C13H23NO. The van der Waals surface area contributed by atoms with Crippen LogP contribution < -0.4 is 5.32 Å². The van der Waals surface area contributed by atoms with Gasteiger partial charge in [0.1, 0.15) is 5.76 Å². The summed E-state index contributed by atoms with van der Waals surface area (Å²) in [5.41, 5.74) is 0. The van der Waals surface area contributed by atoms with Gasteiger partial charge in [0, 0.05) is 6.04 Å². The molecule has 1 heterocycles. The average molecular weight is 209 g/mol. The largest absolute Gasteiger partial charge is 0.468 e. The normalized spacial score (nSPS) is 13.3. The van der Waals surface area contributed by atoms with Gasteiger partial charge in [0.15, 0.2) is 0 Å². The molecule has 0 saturated heterocycles. The van der Waals surface area contributed by atoms with Crippen LogP contribution in [0.3, 0.4) is 0 Å². The molecule has 0 saturated carbocycles. The van der Waals surface area contributed by atoms with Crippen LogP contribution in [0.25, 0.3) is 0 Å². The maximum absolute atomic E-state index is 5.26. The molecule has 2 nitrogen and oxygen atoms in total. The molecule has 1 aromatic rings. The zero-order chi connectivity index (χ0) is 11.1. The highest BCUT2D eigenvalue weighted by Crippen LogP contribution is 2.08. The predicted octanol–water partition coefficient (Wildman–Crippen LogP) is 3.58. The second kappa shape index (κ2) is 6.67.